The number of esters is 1. The maximum Gasteiger partial charge on any atom is 0.338 e. The van der Waals surface area contributed by atoms with Crippen molar-refractivity contribution >= 4 is 5.97 Å². The van der Waals surface area contributed by atoms with Gasteiger partial charge in [-0.05, 0) is 30.2 Å². The van der Waals surface area contributed by atoms with Gasteiger partial charge in [-0.2, -0.15) is 0 Å². The number of hydrogen-bond donors (Lipinski definition) is 0. The number of hydrogen-bond acceptors (Lipinski definition) is 3. The number of rotatable bonds is 4. The van der Waals surface area contributed by atoms with E-state index in [-0.39, 0.29) is 18.2 Å². The molecule has 1 heterocycles. The van der Waals surface area contributed by atoms with Crippen LogP contribution in [-0.4, -0.2) is 12.6 Å². The van der Waals surface area contributed by atoms with Crippen LogP contribution >= 0.6 is 0 Å². The summed E-state index contributed by atoms with van der Waals surface area (Å²) in [6.07, 6.45) is 0.221. The first kappa shape index (κ1) is 12.9. The minimum absolute atomic E-state index is 0.0913. The molecule has 0 saturated carbocycles. The monoisotopic (exact) mass is 268 g/mol. The summed E-state index contributed by atoms with van der Waals surface area (Å²) in [6.45, 7) is 2.19. The molecule has 0 unspecified atom stereocenters. The van der Waals surface area contributed by atoms with Crippen LogP contribution in [0.5, 0.6) is 0 Å². The molecule has 0 aromatic heterocycles. The van der Waals surface area contributed by atoms with Crippen molar-refractivity contribution in [1.82, 2.24) is 0 Å². The summed E-state index contributed by atoms with van der Waals surface area (Å²) < 4.78 is 10.7. The van der Waals surface area contributed by atoms with Crippen LogP contribution in [0.25, 0.3) is 0 Å². The van der Waals surface area contributed by atoms with Gasteiger partial charge in [0.05, 0.1) is 12.2 Å². The lowest BCUT2D eigenvalue weighted by Crippen LogP contribution is -2.04. The third-order valence-electron chi connectivity index (χ3n) is 3.37. The van der Waals surface area contributed by atoms with Gasteiger partial charge in [0.2, 0.25) is 0 Å². The smallest absolute Gasteiger partial charge is 0.338 e. The van der Waals surface area contributed by atoms with Crippen molar-refractivity contribution < 1.29 is 14.3 Å². The van der Waals surface area contributed by atoms with Crippen molar-refractivity contribution in [2.24, 2.45) is 0 Å². The molecule has 1 aliphatic heterocycles. The third kappa shape index (κ3) is 2.58. The van der Waals surface area contributed by atoms with Crippen molar-refractivity contribution in [3.8, 4) is 0 Å². The molecule has 102 valence electrons. The van der Waals surface area contributed by atoms with E-state index in [0.717, 1.165) is 5.56 Å². The zero-order valence-corrected chi connectivity index (χ0v) is 11.3. The van der Waals surface area contributed by atoms with Gasteiger partial charge < -0.3 is 9.47 Å². The molecule has 3 rings (SSSR count). The summed E-state index contributed by atoms with van der Waals surface area (Å²) in [5, 5.41) is 0. The lowest BCUT2D eigenvalue weighted by Gasteiger charge is -2.02. The van der Waals surface area contributed by atoms with E-state index in [1.165, 1.54) is 5.56 Å². The highest BCUT2D eigenvalue weighted by Gasteiger charge is 2.41. The Labute approximate surface area is 118 Å². The van der Waals surface area contributed by atoms with E-state index < -0.39 is 0 Å². The number of carbonyl (C=O) groups is 1. The van der Waals surface area contributed by atoms with E-state index in [9.17, 15) is 4.79 Å². The Morgan fingerprint density at radius 3 is 2.20 bits per heavy atom. The van der Waals surface area contributed by atoms with E-state index in [2.05, 4.69) is 12.1 Å². The summed E-state index contributed by atoms with van der Waals surface area (Å²) in [5.41, 5.74) is 2.85. The fourth-order valence-electron chi connectivity index (χ4n) is 2.29. The number of epoxide rings is 1. The van der Waals surface area contributed by atoms with Gasteiger partial charge in [0.25, 0.3) is 0 Å². The van der Waals surface area contributed by atoms with E-state index in [4.69, 9.17) is 9.47 Å². The van der Waals surface area contributed by atoms with Crippen LogP contribution in [0.4, 0.5) is 0 Å². The zero-order valence-electron chi connectivity index (χ0n) is 11.3. The molecule has 2 aromatic rings. The normalized spacial score (nSPS) is 20.4. The topological polar surface area (TPSA) is 38.8 Å². The molecule has 1 aliphatic rings. The summed E-state index contributed by atoms with van der Waals surface area (Å²) >= 11 is 0. The average Bonchev–Trinajstić information content (AvgIpc) is 3.29. The molecule has 1 fully saturated rings. The average molecular weight is 268 g/mol. The zero-order chi connectivity index (χ0) is 13.9. The Kier molecular flexibility index (Phi) is 3.52. The molecule has 0 N–H and O–H groups in total. The van der Waals surface area contributed by atoms with Gasteiger partial charge >= 0.3 is 5.97 Å². The lowest BCUT2D eigenvalue weighted by molar-refractivity contribution is 0.0526. The largest absolute Gasteiger partial charge is 0.462 e. The van der Waals surface area contributed by atoms with Gasteiger partial charge in [-0.3, -0.25) is 0 Å². The van der Waals surface area contributed by atoms with Crippen LogP contribution in [0.3, 0.4) is 0 Å². The Bertz CT molecular complexity index is 589. The Hall–Kier alpha value is -2.13. The summed E-state index contributed by atoms with van der Waals surface area (Å²) in [7, 11) is 0. The fourth-order valence-corrected chi connectivity index (χ4v) is 2.29. The van der Waals surface area contributed by atoms with E-state index in [0.29, 0.717) is 12.2 Å². The van der Waals surface area contributed by atoms with Gasteiger partial charge in [-0.15, -0.1) is 0 Å². The second-order valence-corrected chi connectivity index (χ2v) is 4.73. The van der Waals surface area contributed by atoms with Crippen molar-refractivity contribution in [2.75, 3.05) is 6.61 Å². The molecule has 0 bridgehead atoms. The molecular formula is C17H16O3. The predicted octanol–water partition coefficient (Wildman–Crippen LogP) is 3.68. The van der Waals surface area contributed by atoms with Gasteiger partial charge in [-0.25, -0.2) is 4.79 Å². The Morgan fingerprint density at radius 1 is 1.00 bits per heavy atom. The number of ether oxygens (including phenoxy) is 2. The van der Waals surface area contributed by atoms with E-state index in [1.807, 2.05) is 30.3 Å². The van der Waals surface area contributed by atoms with Crippen LogP contribution in [0.2, 0.25) is 0 Å². The highest BCUT2D eigenvalue weighted by atomic mass is 16.6. The van der Waals surface area contributed by atoms with Crippen LogP contribution in [0.1, 0.15) is 40.6 Å². The van der Waals surface area contributed by atoms with Gasteiger partial charge in [0.15, 0.2) is 0 Å². The van der Waals surface area contributed by atoms with E-state index in [1.54, 1.807) is 19.1 Å². The first-order chi connectivity index (χ1) is 9.79. The summed E-state index contributed by atoms with van der Waals surface area (Å²) in [5.74, 6) is -0.282. The molecule has 0 radical (unpaired) electrons. The molecule has 20 heavy (non-hydrogen) atoms. The quantitative estimate of drug-likeness (QED) is 0.627. The second-order valence-electron chi connectivity index (χ2n) is 4.73. The molecule has 2 atom stereocenters. The molecule has 3 heteroatoms. The van der Waals surface area contributed by atoms with Gasteiger partial charge in [0.1, 0.15) is 12.2 Å². The summed E-state index contributed by atoms with van der Waals surface area (Å²) in [4.78, 5) is 11.6. The molecule has 2 aromatic carbocycles. The van der Waals surface area contributed by atoms with Crippen molar-refractivity contribution in [3.05, 3.63) is 71.3 Å². The highest BCUT2D eigenvalue weighted by Crippen LogP contribution is 2.50. The SMILES string of the molecule is CCOC(=O)c1ccc([C@@H]2O[C@H]2c2ccccc2)cc1. The van der Waals surface area contributed by atoms with Crippen LogP contribution in [-0.2, 0) is 9.47 Å². The molecule has 0 amide bonds. The van der Waals surface area contributed by atoms with Crippen molar-refractivity contribution in [1.29, 1.82) is 0 Å². The fraction of sp³-hybridized carbons (Fsp3) is 0.235. The first-order valence-corrected chi connectivity index (χ1v) is 6.77. The van der Waals surface area contributed by atoms with Gasteiger partial charge in [-0.1, -0.05) is 42.5 Å². The Balaban J connectivity index is 1.70. The number of benzene rings is 2. The molecular weight excluding hydrogens is 252 g/mol. The highest BCUT2D eigenvalue weighted by molar-refractivity contribution is 5.89. The Morgan fingerprint density at radius 2 is 1.60 bits per heavy atom. The van der Waals surface area contributed by atoms with Crippen LogP contribution in [0, 0.1) is 0 Å². The standard InChI is InChI=1S/C17H16O3/c1-2-19-17(18)14-10-8-13(9-11-14)16-15(20-16)12-6-4-3-5-7-12/h3-11,15-16H,2H2,1H3/t15-,16-/m0/s1. The first-order valence-electron chi connectivity index (χ1n) is 6.77. The molecule has 0 aliphatic carbocycles. The maximum atomic E-state index is 11.6. The molecule has 3 nitrogen and oxygen atoms in total. The predicted molar refractivity (Wildman–Crippen MR) is 75.4 cm³/mol. The molecule has 1 saturated heterocycles. The minimum atomic E-state index is -0.282. The minimum Gasteiger partial charge on any atom is -0.462 e. The molecule has 0 spiro atoms. The number of carbonyl (C=O) groups excluding carboxylic acids is 1. The van der Waals surface area contributed by atoms with Crippen molar-refractivity contribution in [3.63, 3.8) is 0 Å². The maximum absolute atomic E-state index is 11.6. The van der Waals surface area contributed by atoms with Crippen molar-refractivity contribution in [2.45, 2.75) is 19.1 Å². The summed E-state index contributed by atoms with van der Waals surface area (Å²) in [6, 6.07) is 17.6. The van der Waals surface area contributed by atoms with Crippen LogP contribution < -0.4 is 0 Å². The van der Waals surface area contributed by atoms with Crippen LogP contribution in [0.15, 0.2) is 54.6 Å². The van der Waals surface area contributed by atoms with E-state index >= 15 is 0 Å². The second kappa shape index (κ2) is 5.47. The van der Waals surface area contributed by atoms with Gasteiger partial charge in [0, 0.05) is 0 Å². The third-order valence-corrected chi connectivity index (χ3v) is 3.37. The lowest BCUT2D eigenvalue weighted by atomic mass is 10.0.